The normalized spacial score (nSPS) is 25.6. The highest BCUT2D eigenvalue weighted by Gasteiger charge is 2.58. The summed E-state index contributed by atoms with van der Waals surface area (Å²) in [4.78, 5) is 32.2. The number of methoxy groups -OCH3 is 1. The minimum Gasteiger partial charge on any atom is -0.507 e. The van der Waals surface area contributed by atoms with Gasteiger partial charge in [-0.2, -0.15) is 0 Å². The first-order valence-corrected chi connectivity index (χ1v) is 17.3. The molecule has 0 unspecified atom stereocenters. The van der Waals surface area contributed by atoms with Crippen LogP contribution < -0.4 is 0 Å². The Morgan fingerprint density at radius 2 is 1.70 bits per heavy atom. The minimum atomic E-state index is -0.338. The average molecular weight is 635 g/mol. The second-order valence-corrected chi connectivity index (χ2v) is 13.7. The molecule has 7 heteroatoms. The Labute approximate surface area is 277 Å². The number of fused-ring (bicyclic) bond motifs is 4. The Kier molecular flexibility index (Phi) is 9.31. The number of hydrogen-bond donors (Lipinski definition) is 1. The van der Waals surface area contributed by atoms with Crippen molar-refractivity contribution in [3.8, 4) is 5.75 Å². The largest absolute Gasteiger partial charge is 0.507 e. The lowest BCUT2D eigenvalue weighted by Gasteiger charge is -2.36. The Morgan fingerprint density at radius 1 is 0.957 bits per heavy atom. The topological polar surface area (TPSA) is 79.3 Å². The summed E-state index contributed by atoms with van der Waals surface area (Å²) in [5.74, 6) is -0.414. The fourth-order valence-electron chi connectivity index (χ4n) is 8.66. The second kappa shape index (κ2) is 13.8. The van der Waals surface area contributed by atoms with Gasteiger partial charge in [-0.05, 0) is 72.3 Å². The summed E-state index contributed by atoms with van der Waals surface area (Å²) >= 11 is 0. The number of imide groups is 1. The summed E-state index contributed by atoms with van der Waals surface area (Å²) in [6.07, 6.45) is 6.97. The maximum absolute atomic E-state index is 14.1. The lowest BCUT2D eigenvalue weighted by molar-refractivity contribution is -0.144. The Morgan fingerprint density at radius 3 is 2.45 bits per heavy atom. The van der Waals surface area contributed by atoms with Gasteiger partial charge in [-0.25, -0.2) is 0 Å². The number of carbonyl (C=O) groups is 2. The number of ether oxygens (including phenoxy) is 2. The first-order chi connectivity index (χ1) is 23.0. The zero-order chi connectivity index (χ0) is 32.5. The first-order valence-electron chi connectivity index (χ1n) is 17.3. The molecule has 3 heterocycles. The van der Waals surface area contributed by atoms with Crippen molar-refractivity contribution in [3.63, 3.8) is 0 Å². The van der Waals surface area contributed by atoms with E-state index in [1.165, 1.54) is 16.7 Å². The molecule has 3 aromatic carbocycles. The van der Waals surface area contributed by atoms with Gasteiger partial charge in [0.1, 0.15) is 5.75 Å². The van der Waals surface area contributed by atoms with E-state index in [2.05, 4.69) is 48.2 Å². The molecule has 3 saturated heterocycles. The van der Waals surface area contributed by atoms with E-state index in [1.54, 1.807) is 18.1 Å². The molecule has 4 aliphatic rings. The van der Waals surface area contributed by atoms with E-state index < -0.39 is 0 Å². The molecule has 7 rings (SSSR count). The van der Waals surface area contributed by atoms with Crippen LogP contribution in [-0.4, -0.2) is 72.3 Å². The third-order valence-electron chi connectivity index (χ3n) is 11.0. The van der Waals surface area contributed by atoms with E-state index in [4.69, 9.17) is 9.47 Å². The van der Waals surface area contributed by atoms with E-state index in [9.17, 15) is 14.7 Å². The van der Waals surface area contributed by atoms with Crippen LogP contribution in [-0.2, 0) is 25.6 Å². The predicted octanol–water partition coefficient (Wildman–Crippen LogP) is 6.75. The number of nitrogens with zero attached hydrogens (tertiary/aromatic N) is 2. The molecule has 0 radical (unpaired) electrons. The number of phenolic OH excluding ortho intramolecular Hbond substituents is 1. The molecule has 2 amide bonds. The van der Waals surface area contributed by atoms with Crippen LogP contribution in [0.5, 0.6) is 5.75 Å². The number of amides is 2. The lowest BCUT2D eigenvalue weighted by atomic mass is 9.69. The molecule has 0 spiro atoms. The van der Waals surface area contributed by atoms with Crippen molar-refractivity contribution >= 4 is 28.7 Å². The van der Waals surface area contributed by atoms with Gasteiger partial charge in [0.2, 0.25) is 11.8 Å². The molecule has 47 heavy (non-hydrogen) atoms. The summed E-state index contributed by atoms with van der Waals surface area (Å²) < 4.78 is 12.2. The fourth-order valence-corrected chi connectivity index (χ4v) is 8.66. The van der Waals surface area contributed by atoms with Crippen LogP contribution in [0.3, 0.4) is 0 Å². The maximum atomic E-state index is 14.1. The molecule has 1 N–H and O–H groups in total. The van der Waals surface area contributed by atoms with Crippen LogP contribution in [0, 0.1) is 17.8 Å². The lowest BCUT2D eigenvalue weighted by Crippen LogP contribution is -2.47. The molecule has 0 bridgehead atoms. The van der Waals surface area contributed by atoms with Gasteiger partial charge in [0, 0.05) is 44.1 Å². The van der Waals surface area contributed by atoms with Crippen LogP contribution in [0.2, 0.25) is 0 Å². The standard InChI is InChI=1S/C40H46N2O5/c1-3-26(21-28-14-15-35(43)32-12-8-7-11-31(28)32)13-16-36-37-29(24-46-2)22-33-38(34(37)25-47-36)40(45)42(39(33)44)30-17-19-41(20-18-30)23-27-9-5-4-6-10-27/h4-12,14-15,21,30,33-34,36,38,43H,3,13,16-20,22-25H2,1-2H3/b26-21+/t33-,34+,36-,38-/m1/s1. The predicted molar refractivity (Wildman–Crippen MR) is 183 cm³/mol. The first kappa shape index (κ1) is 31.8. The van der Waals surface area contributed by atoms with Crippen molar-refractivity contribution < 1.29 is 24.2 Å². The fraction of sp³-hybridized carbons (Fsp3) is 0.450. The highest BCUT2D eigenvalue weighted by Crippen LogP contribution is 2.50. The van der Waals surface area contributed by atoms with Gasteiger partial charge >= 0.3 is 0 Å². The monoisotopic (exact) mass is 634 g/mol. The molecular formula is C40H46N2O5. The van der Waals surface area contributed by atoms with Crippen molar-refractivity contribution in [2.75, 3.05) is 33.4 Å². The number of allylic oxidation sites excluding steroid dienone is 1. The highest BCUT2D eigenvalue weighted by molar-refractivity contribution is 6.06. The average Bonchev–Trinajstić information content (AvgIpc) is 3.63. The van der Waals surface area contributed by atoms with Gasteiger partial charge in [0.05, 0.1) is 31.2 Å². The van der Waals surface area contributed by atoms with Gasteiger partial charge in [-0.3, -0.25) is 19.4 Å². The van der Waals surface area contributed by atoms with Crippen molar-refractivity contribution in [1.82, 2.24) is 9.80 Å². The molecule has 0 saturated carbocycles. The van der Waals surface area contributed by atoms with E-state index in [1.807, 2.05) is 30.3 Å². The molecule has 3 fully saturated rings. The Bertz CT molecular complexity index is 1690. The number of aromatic hydroxyl groups is 1. The minimum absolute atomic E-state index is 0.00920. The number of carbonyl (C=O) groups excluding carboxylic acids is 2. The molecule has 246 valence electrons. The summed E-state index contributed by atoms with van der Waals surface area (Å²) in [6, 6.07) is 22.2. The van der Waals surface area contributed by atoms with Crippen LogP contribution in [0.15, 0.2) is 83.4 Å². The molecule has 3 aliphatic heterocycles. The van der Waals surface area contributed by atoms with E-state index in [-0.39, 0.29) is 41.7 Å². The third-order valence-corrected chi connectivity index (χ3v) is 11.0. The molecular weight excluding hydrogens is 588 g/mol. The van der Waals surface area contributed by atoms with Crippen LogP contribution in [0.4, 0.5) is 0 Å². The molecule has 1 aliphatic carbocycles. The number of likely N-dealkylation sites (tertiary alicyclic amines) is 2. The highest BCUT2D eigenvalue weighted by atomic mass is 16.5. The van der Waals surface area contributed by atoms with Crippen LogP contribution in [0.1, 0.15) is 56.6 Å². The van der Waals surface area contributed by atoms with Gasteiger partial charge in [0.25, 0.3) is 0 Å². The van der Waals surface area contributed by atoms with Crippen LogP contribution >= 0.6 is 0 Å². The quantitative estimate of drug-likeness (QED) is 0.197. The van der Waals surface area contributed by atoms with E-state index in [0.29, 0.717) is 25.4 Å². The van der Waals surface area contributed by atoms with E-state index in [0.717, 1.165) is 73.6 Å². The number of phenols is 1. The summed E-state index contributed by atoms with van der Waals surface area (Å²) in [5.41, 5.74) is 6.06. The number of rotatable bonds is 10. The van der Waals surface area contributed by atoms with Crippen LogP contribution in [0.25, 0.3) is 16.8 Å². The van der Waals surface area contributed by atoms with Crippen molar-refractivity contribution in [3.05, 3.63) is 94.6 Å². The Hall–Kier alpha value is -3.78. The van der Waals surface area contributed by atoms with Crippen molar-refractivity contribution in [2.24, 2.45) is 17.8 Å². The number of piperidine rings is 1. The molecule has 4 atom stereocenters. The zero-order valence-electron chi connectivity index (χ0n) is 27.6. The maximum Gasteiger partial charge on any atom is 0.234 e. The van der Waals surface area contributed by atoms with Gasteiger partial charge < -0.3 is 14.6 Å². The molecule has 3 aromatic rings. The summed E-state index contributed by atoms with van der Waals surface area (Å²) in [6.45, 7) is 5.78. The summed E-state index contributed by atoms with van der Waals surface area (Å²) in [7, 11) is 1.70. The number of hydrogen-bond acceptors (Lipinski definition) is 6. The molecule has 0 aromatic heterocycles. The molecule has 7 nitrogen and oxygen atoms in total. The number of benzene rings is 3. The van der Waals surface area contributed by atoms with E-state index >= 15 is 0 Å². The Balaban J connectivity index is 1.05. The summed E-state index contributed by atoms with van der Waals surface area (Å²) in [5, 5.41) is 12.3. The smallest absolute Gasteiger partial charge is 0.234 e. The van der Waals surface area contributed by atoms with Crippen molar-refractivity contribution in [1.29, 1.82) is 0 Å². The van der Waals surface area contributed by atoms with Gasteiger partial charge in [-0.1, -0.05) is 79.2 Å². The third kappa shape index (κ3) is 6.17. The second-order valence-electron chi connectivity index (χ2n) is 13.7. The van der Waals surface area contributed by atoms with Gasteiger partial charge in [-0.15, -0.1) is 0 Å². The van der Waals surface area contributed by atoms with Crippen molar-refractivity contribution in [2.45, 2.75) is 64.1 Å². The zero-order valence-corrected chi connectivity index (χ0v) is 27.6. The van der Waals surface area contributed by atoms with Gasteiger partial charge in [0.15, 0.2) is 0 Å². The SMILES string of the molecule is CC/C(=C\c1ccc(O)c2ccccc12)CC[C@H]1OC[C@H]2C1=C(COC)C[C@H]1C(=O)N(C3CCN(Cc4ccccc4)CC3)C(=O)[C@H]12.